The van der Waals surface area contributed by atoms with E-state index in [9.17, 15) is 18.0 Å². The van der Waals surface area contributed by atoms with Gasteiger partial charge in [-0.3, -0.25) is 4.79 Å². The Kier molecular flexibility index (Phi) is 4.93. The fourth-order valence-corrected chi connectivity index (χ4v) is 3.22. The van der Waals surface area contributed by atoms with Crippen molar-refractivity contribution in [3.8, 4) is 0 Å². The molecule has 0 aromatic carbocycles. The molecule has 2 aliphatic rings. The molecule has 1 saturated heterocycles. The summed E-state index contributed by atoms with van der Waals surface area (Å²) in [5, 5.41) is 0. The highest BCUT2D eigenvalue weighted by Gasteiger charge is 2.52. The van der Waals surface area contributed by atoms with Crippen LogP contribution in [0.2, 0.25) is 0 Å². The van der Waals surface area contributed by atoms with Gasteiger partial charge in [0.05, 0.1) is 20.3 Å². The number of hydrogen-bond donors (Lipinski definition) is 0. The van der Waals surface area contributed by atoms with Crippen molar-refractivity contribution in [1.82, 2.24) is 0 Å². The van der Waals surface area contributed by atoms with Crippen molar-refractivity contribution in [3.05, 3.63) is 12.2 Å². The van der Waals surface area contributed by atoms with E-state index in [4.69, 9.17) is 9.47 Å². The van der Waals surface area contributed by atoms with E-state index in [-0.39, 0.29) is 36.7 Å². The molecule has 0 radical (unpaired) electrons. The summed E-state index contributed by atoms with van der Waals surface area (Å²) in [4.78, 5) is 11.4. The monoisotopic (exact) mass is 308 g/mol. The summed E-state index contributed by atoms with van der Waals surface area (Å²) in [7, 11) is 1.30. The quantitative estimate of drug-likeness (QED) is 0.592. The minimum absolute atomic E-state index is 0.0894. The summed E-state index contributed by atoms with van der Waals surface area (Å²) in [5.41, 5.74) is 0. The van der Waals surface area contributed by atoms with Crippen molar-refractivity contribution in [2.45, 2.75) is 37.6 Å². The van der Waals surface area contributed by atoms with Gasteiger partial charge in [-0.05, 0) is 18.8 Å². The highest BCUT2D eigenvalue weighted by molar-refractivity contribution is 5.69. The molecular weight excluding hydrogens is 289 g/mol. The van der Waals surface area contributed by atoms with Gasteiger partial charge in [0.1, 0.15) is 0 Å². The van der Waals surface area contributed by atoms with Crippen molar-refractivity contribution in [3.63, 3.8) is 0 Å². The van der Waals surface area contributed by atoms with Crippen molar-refractivity contribution in [2.24, 2.45) is 11.8 Å². The SMILES string of the molecule is COC(=O)CC1CCC2(OCCO2)C1C/C=C/C(F)(F)F. The van der Waals surface area contributed by atoms with Gasteiger partial charge in [0, 0.05) is 24.8 Å². The van der Waals surface area contributed by atoms with Crippen LogP contribution in [0, 0.1) is 11.8 Å². The van der Waals surface area contributed by atoms with Crippen molar-refractivity contribution in [1.29, 1.82) is 0 Å². The van der Waals surface area contributed by atoms with Crippen LogP contribution >= 0.6 is 0 Å². The number of esters is 1. The molecule has 0 bridgehead atoms. The second-order valence-electron chi connectivity index (χ2n) is 5.37. The summed E-state index contributed by atoms with van der Waals surface area (Å²) in [6, 6.07) is 0. The molecule has 4 nitrogen and oxygen atoms in total. The van der Waals surface area contributed by atoms with E-state index in [0.717, 1.165) is 6.08 Å². The smallest absolute Gasteiger partial charge is 0.409 e. The molecule has 7 heteroatoms. The summed E-state index contributed by atoms with van der Waals surface area (Å²) in [5.74, 6) is -1.56. The lowest BCUT2D eigenvalue weighted by Gasteiger charge is -2.31. The van der Waals surface area contributed by atoms with Crippen LogP contribution in [0.4, 0.5) is 13.2 Å². The number of carbonyl (C=O) groups excluding carboxylic acids is 1. The topological polar surface area (TPSA) is 44.8 Å². The first-order valence-corrected chi connectivity index (χ1v) is 6.95. The minimum Gasteiger partial charge on any atom is -0.469 e. The van der Waals surface area contributed by atoms with Gasteiger partial charge in [-0.15, -0.1) is 0 Å². The molecule has 1 heterocycles. The molecule has 0 aromatic heterocycles. The Labute approximate surface area is 121 Å². The Bertz CT molecular complexity index is 400. The fraction of sp³-hybridized carbons (Fsp3) is 0.786. The molecular formula is C14H19F3O4. The normalized spacial score (nSPS) is 28.6. The fourth-order valence-electron chi connectivity index (χ4n) is 3.22. The standard InChI is InChI=1S/C14H19F3O4/c1-19-12(18)9-10-4-6-13(20-7-8-21-13)11(10)3-2-5-14(15,16)17/h2,5,10-11H,3-4,6-9H2,1H3/b5-2+. The lowest BCUT2D eigenvalue weighted by atomic mass is 9.87. The maximum absolute atomic E-state index is 12.2. The molecule has 21 heavy (non-hydrogen) atoms. The number of ether oxygens (including phenoxy) is 3. The van der Waals surface area contributed by atoms with Gasteiger partial charge in [-0.25, -0.2) is 0 Å². The van der Waals surface area contributed by atoms with Gasteiger partial charge in [-0.1, -0.05) is 6.08 Å². The van der Waals surface area contributed by atoms with E-state index in [1.807, 2.05) is 0 Å². The molecule has 1 spiro atoms. The third-order valence-corrected chi connectivity index (χ3v) is 4.13. The average Bonchev–Trinajstić information content (AvgIpc) is 3.00. The number of methoxy groups -OCH3 is 1. The van der Waals surface area contributed by atoms with Crippen LogP contribution in [-0.2, 0) is 19.0 Å². The van der Waals surface area contributed by atoms with E-state index in [1.54, 1.807) is 0 Å². The van der Waals surface area contributed by atoms with Gasteiger partial charge >= 0.3 is 12.1 Å². The van der Waals surface area contributed by atoms with Crippen LogP contribution in [0.5, 0.6) is 0 Å². The zero-order valence-corrected chi connectivity index (χ0v) is 11.8. The zero-order chi connectivity index (χ0) is 15.5. The molecule has 120 valence electrons. The Morgan fingerprint density at radius 1 is 1.38 bits per heavy atom. The largest absolute Gasteiger partial charge is 0.469 e. The van der Waals surface area contributed by atoms with Crippen LogP contribution in [-0.4, -0.2) is 38.3 Å². The summed E-state index contributed by atoms with van der Waals surface area (Å²) < 4.78 is 52.7. The number of carbonyl (C=O) groups is 1. The maximum Gasteiger partial charge on any atom is 0.409 e. The van der Waals surface area contributed by atoms with E-state index < -0.39 is 12.0 Å². The minimum atomic E-state index is -4.33. The molecule has 0 amide bonds. The van der Waals surface area contributed by atoms with Gasteiger partial charge in [0.15, 0.2) is 5.79 Å². The molecule has 2 rings (SSSR count). The number of hydrogen-bond acceptors (Lipinski definition) is 4. The van der Waals surface area contributed by atoms with Crippen molar-refractivity contribution >= 4 is 5.97 Å². The van der Waals surface area contributed by atoms with Crippen LogP contribution in [0.25, 0.3) is 0 Å². The molecule has 1 aliphatic carbocycles. The highest BCUT2D eigenvalue weighted by atomic mass is 19.4. The number of alkyl halides is 3. The lowest BCUT2D eigenvalue weighted by Crippen LogP contribution is -2.37. The Morgan fingerprint density at radius 2 is 2.05 bits per heavy atom. The van der Waals surface area contributed by atoms with Gasteiger partial charge in [0.25, 0.3) is 0 Å². The summed E-state index contributed by atoms with van der Waals surface area (Å²) >= 11 is 0. The number of rotatable bonds is 4. The van der Waals surface area contributed by atoms with Gasteiger partial charge in [0.2, 0.25) is 0 Å². The highest BCUT2D eigenvalue weighted by Crippen LogP contribution is 2.49. The first kappa shape index (κ1) is 16.3. The molecule has 0 N–H and O–H groups in total. The summed E-state index contributed by atoms with van der Waals surface area (Å²) in [6.45, 7) is 0.870. The lowest BCUT2D eigenvalue weighted by molar-refractivity contribution is -0.186. The van der Waals surface area contributed by atoms with Crippen LogP contribution in [0.3, 0.4) is 0 Å². The predicted molar refractivity (Wildman–Crippen MR) is 67.3 cm³/mol. The van der Waals surface area contributed by atoms with Crippen LogP contribution < -0.4 is 0 Å². The second-order valence-corrected chi connectivity index (χ2v) is 5.37. The van der Waals surface area contributed by atoms with Gasteiger partial charge in [-0.2, -0.15) is 13.2 Å². The Balaban J connectivity index is 2.07. The third kappa shape index (κ3) is 3.97. The molecule has 1 aliphatic heterocycles. The van der Waals surface area contributed by atoms with E-state index in [0.29, 0.717) is 26.1 Å². The van der Waals surface area contributed by atoms with E-state index in [2.05, 4.69) is 4.74 Å². The number of allylic oxidation sites excluding steroid dienone is 2. The average molecular weight is 308 g/mol. The third-order valence-electron chi connectivity index (χ3n) is 4.13. The van der Waals surface area contributed by atoms with Crippen LogP contribution in [0.15, 0.2) is 12.2 Å². The molecule has 2 fully saturated rings. The first-order chi connectivity index (χ1) is 9.86. The zero-order valence-electron chi connectivity index (χ0n) is 11.8. The second kappa shape index (κ2) is 6.36. The Hall–Kier alpha value is -1.08. The van der Waals surface area contributed by atoms with E-state index in [1.165, 1.54) is 7.11 Å². The van der Waals surface area contributed by atoms with E-state index >= 15 is 0 Å². The molecule has 2 unspecified atom stereocenters. The maximum atomic E-state index is 12.2. The van der Waals surface area contributed by atoms with Crippen LogP contribution in [0.1, 0.15) is 25.7 Å². The number of halogens is 3. The van der Waals surface area contributed by atoms with Crippen molar-refractivity contribution in [2.75, 3.05) is 20.3 Å². The Morgan fingerprint density at radius 3 is 2.62 bits per heavy atom. The van der Waals surface area contributed by atoms with Gasteiger partial charge < -0.3 is 14.2 Å². The predicted octanol–water partition coefficient (Wildman–Crippen LogP) is 2.83. The molecule has 2 atom stereocenters. The first-order valence-electron chi connectivity index (χ1n) is 6.95. The van der Waals surface area contributed by atoms with Crippen molar-refractivity contribution < 1.29 is 32.2 Å². The summed E-state index contributed by atoms with van der Waals surface area (Å²) in [6.07, 6.45) is -1.40. The molecule has 0 aromatic rings. The molecule has 1 saturated carbocycles.